The molecule has 0 spiro atoms. The Morgan fingerprint density at radius 2 is 2.22 bits per heavy atom. The SMILES string of the molecule is Cc1cc(C(=O)N2C[C@@H]3COC[C@]3(CN3CCOCC3)C2)on1. The van der Waals surface area contributed by atoms with E-state index >= 15 is 0 Å². The number of ether oxygens (including phenoxy) is 2. The van der Waals surface area contributed by atoms with E-state index in [1.807, 2.05) is 11.8 Å². The zero-order chi connectivity index (χ0) is 15.9. The Hall–Kier alpha value is -1.44. The molecule has 126 valence electrons. The standard InChI is InChI=1S/C16H23N3O4/c1-12-6-14(23-17-12)15(20)19-7-13-8-22-11-16(13,10-19)9-18-2-4-21-5-3-18/h6,13H,2-5,7-11H2,1H3/t13-,16+/m1/s1. The fourth-order valence-corrected chi connectivity index (χ4v) is 4.04. The van der Waals surface area contributed by atoms with Crippen LogP contribution < -0.4 is 0 Å². The Kier molecular flexibility index (Phi) is 3.87. The highest BCUT2D eigenvalue weighted by Crippen LogP contribution is 2.42. The summed E-state index contributed by atoms with van der Waals surface area (Å²) in [7, 11) is 0. The predicted molar refractivity (Wildman–Crippen MR) is 81.1 cm³/mol. The lowest BCUT2D eigenvalue weighted by Gasteiger charge is -2.36. The van der Waals surface area contributed by atoms with Crippen LogP contribution in [-0.4, -0.2) is 80.0 Å². The van der Waals surface area contributed by atoms with Crippen LogP contribution in [-0.2, 0) is 9.47 Å². The zero-order valence-corrected chi connectivity index (χ0v) is 13.5. The second kappa shape index (κ2) is 5.89. The maximum absolute atomic E-state index is 12.6. The van der Waals surface area contributed by atoms with E-state index in [1.54, 1.807) is 6.07 Å². The topological polar surface area (TPSA) is 68.0 Å². The fraction of sp³-hybridized carbons (Fsp3) is 0.750. The molecule has 0 bridgehead atoms. The largest absolute Gasteiger partial charge is 0.380 e. The van der Waals surface area contributed by atoms with E-state index in [-0.39, 0.29) is 11.3 Å². The number of likely N-dealkylation sites (tertiary alicyclic amines) is 1. The van der Waals surface area contributed by atoms with Crippen LogP contribution in [0.2, 0.25) is 0 Å². The molecule has 1 amide bonds. The van der Waals surface area contributed by atoms with Crippen molar-refractivity contribution in [1.29, 1.82) is 0 Å². The molecule has 4 rings (SSSR count). The Morgan fingerprint density at radius 1 is 1.39 bits per heavy atom. The van der Waals surface area contributed by atoms with E-state index in [0.29, 0.717) is 11.7 Å². The highest BCUT2D eigenvalue weighted by molar-refractivity contribution is 5.91. The lowest BCUT2D eigenvalue weighted by atomic mass is 9.80. The summed E-state index contributed by atoms with van der Waals surface area (Å²) in [6, 6.07) is 1.71. The lowest BCUT2D eigenvalue weighted by molar-refractivity contribution is 0.0103. The number of hydrogen-bond donors (Lipinski definition) is 0. The summed E-state index contributed by atoms with van der Waals surface area (Å²) in [5.74, 6) is 0.685. The molecule has 3 aliphatic heterocycles. The van der Waals surface area contributed by atoms with Crippen LogP contribution in [0.3, 0.4) is 0 Å². The van der Waals surface area contributed by atoms with Gasteiger partial charge in [0.2, 0.25) is 5.76 Å². The van der Waals surface area contributed by atoms with Gasteiger partial charge in [0.15, 0.2) is 0 Å². The van der Waals surface area contributed by atoms with Crippen LogP contribution in [0, 0.1) is 18.3 Å². The average molecular weight is 321 g/mol. The molecule has 0 N–H and O–H groups in total. The van der Waals surface area contributed by atoms with Crippen molar-refractivity contribution in [2.45, 2.75) is 6.92 Å². The van der Waals surface area contributed by atoms with Crippen molar-refractivity contribution in [2.75, 3.05) is 59.2 Å². The molecule has 4 heterocycles. The fourth-order valence-electron chi connectivity index (χ4n) is 4.04. The molecule has 0 aromatic carbocycles. The van der Waals surface area contributed by atoms with Crippen LogP contribution >= 0.6 is 0 Å². The smallest absolute Gasteiger partial charge is 0.292 e. The Labute approximate surface area is 135 Å². The molecule has 0 aliphatic carbocycles. The molecule has 7 nitrogen and oxygen atoms in total. The highest BCUT2D eigenvalue weighted by atomic mass is 16.5. The van der Waals surface area contributed by atoms with E-state index in [4.69, 9.17) is 14.0 Å². The molecule has 1 aromatic heterocycles. The number of hydrogen-bond acceptors (Lipinski definition) is 6. The Bertz CT molecular complexity index is 584. The third-order valence-corrected chi connectivity index (χ3v) is 5.29. The predicted octanol–water partition coefficient (Wildman–Crippen LogP) is 0.404. The van der Waals surface area contributed by atoms with Gasteiger partial charge in [-0.05, 0) is 6.92 Å². The number of morpholine rings is 1. The Morgan fingerprint density at radius 3 is 2.96 bits per heavy atom. The van der Waals surface area contributed by atoms with Gasteiger partial charge in [-0.2, -0.15) is 0 Å². The van der Waals surface area contributed by atoms with E-state index < -0.39 is 0 Å². The number of rotatable bonds is 3. The van der Waals surface area contributed by atoms with Gasteiger partial charge in [0.25, 0.3) is 5.91 Å². The molecule has 0 radical (unpaired) electrons. The second-order valence-corrected chi connectivity index (χ2v) is 6.98. The molecule has 3 fully saturated rings. The van der Waals surface area contributed by atoms with Crippen molar-refractivity contribution in [3.63, 3.8) is 0 Å². The van der Waals surface area contributed by atoms with E-state index in [0.717, 1.165) is 64.8 Å². The first kappa shape index (κ1) is 15.1. The number of carbonyl (C=O) groups excluding carboxylic acids is 1. The number of fused-ring (bicyclic) bond motifs is 1. The summed E-state index contributed by atoms with van der Waals surface area (Å²) in [5, 5.41) is 3.82. The molecule has 3 saturated heterocycles. The quantitative estimate of drug-likeness (QED) is 0.803. The maximum atomic E-state index is 12.6. The highest BCUT2D eigenvalue weighted by Gasteiger charge is 2.52. The molecule has 2 atom stereocenters. The molecule has 0 unspecified atom stereocenters. The minimum atomic E-state index is -0.0543. The van der Waals surface area contributed by atoms with Gasteiger partial charge in [-0.25, -0.2) is 0 Å². The number of aromatic nitrogens is 1. The average Bonchev–Trinajstić information content (AvgIpc) is 3.21. The first-order valence-electron chi connectivity index (χ1n) is 8.27. The molecular formula is C16H23N3O4. The summed E-state index contributed by atoms with van der Waals surface area (Å²) in [6.07, 6.45) is 0. The van der Waals surface area contributed by atoms with Crippen molar-refractivity contribution < 1.29 is 18.8 Å². The van der Waals surface area contributed by atoms with Crippen molar-refractivity contribution in [1.82, 2.24) is 15.0 Å². The van der Waals surface area contributed by atoms with Crippen LogP contribution in [0.1, 0.15) is 16.2 Å². The molecule has 7 heteroatoms. The van der Waals surface area contributed by atoms with E-state index in [2.05, 4.69) is 10.1 Å². The maximum Gasteiger partial charge on any atom is 0.292 e. The van der Waals surface area contributed by atoms with Crippen molar-refractivity contribution >= 4 is 5.91 Å². The number of nitrogens with zero attached hydrogens (tertiary/aromatic N) is 3. The second-order valence-electron chi connectivity index (χ2n) is 6.98. The van der Waals surface area contributed by atoms with Gasteiger partial charge in [-0.3, -0.25) is 9.69 Å². The molecular weight excluding hydrogens is 298 g/mol. The normalized spacial score (nSPS) is 31.5. The summed E-state index contributed by atoms with van der Waals surface area (Å²) >= 11 is 0. The monoisotopic (exact) mass is 321 g/mol. The number of aryl methyl sites for hydroxylation is 1. The minimum Gasteiger partial charge on any atom is -0.380 e. The van der Waals surface area contributed by atoms with Crippen LogP contribution in [0.15, 0.2) is 10.6 Å². The lowest BCUT2D eigenvalue weighted by Crippen LogP contribution is -2.47. The van der Waals surface area contributed by atoms with Gasteiger partial charge in [0, 0.05) is 50.1 Å². The summed E-state index contributed by atoms with van der Waals surface area (Å²) in [4.78, 5) is 17.0. The molecule has 1 aromatic rings. The van der Waals surface area contributed by atoms with Gasteiger partial charge in [-0.1, -0.05) is 5.16 Å². The van der Waals surface area contributed by atoms with Gasteiger partial charge in [-0.15, -0.1) is 0 Å². The first-order chi connectivity index (χ1) is 11.2. The van der Waals surface area contributed by atoms with Gasteiger partial charge in [0.1, 0.15) is 0 Å². The van der Waals surface area contributed by atoms with Crippen LogP contribution in [0.5, 0.6) is 0 Å². The molecule has 0 saturated carbocycles. The van der Waals surface area contributed by atoms with Crippen LogP contribution in [0.4, 0.5) is 0 Å². The van der Waals surface area contributed by atoms with Crippen molar-refractivity contribution in [3.8, 4) is 0 Å². The minimum absolute atomic E-state index is 0.0437. The first-order valence-corrected chi connectivity index (χ1v) is 8.27. The summed E-state index contributed by atoms with van der Waals surface area (Å²) in [6.45, 7) is 9.25. The van der Waals surface area contributed by atoms with Gasteiger partial charge >= 0.3 is 0 Å². The summed E-state index contributed by atoms with van der Waals surface area (Å²) in [5.41, 5.74) is 0.779. The van der Waals surface area contributed by atoms with Crippen molar-refractivity contribution in [3.05, 3.63) is 17.5 Å². The number of amides is 1. The molecule has 23 heavy (non-hydrogen) atoms. The van der Waals surface area contributed by atoms with Gasteiger partial charge in [0.05, 0.1) is 32.1 Å². The molecule has 3 aliphatic rings. The van der Waals surface area contributed by atoms with E-state index in [1.165, 1.54) is 0 Å². The van der Waals surface area contributed by atoms with Crippen LogP contribution in [0.25, 0.3) is 0 Å². The zero-order valence-electron chi connectivity index (χ0n) is 13.5. The third-order valence-electron chi connectivity index (χ3n) is 5.29. The van der Waals surface area contributed by atoms with E-state index in [9.17, 15) is 4.79 Å². The third kappa shape index (κ3) is 2.77. The Balaban J connectivity index is 1.48. The summed E-state index contributed by atoms with van der Waals surface area (Å²) < 4.78 is 16.3. The van der Waals surface area contributed by atoms with Gasteiger partial charge < -0.3 is 18.9 Å². The number of carbonyl (C=O) groups is 1. The van der Waals surface area contributed by atoms with Crippen molar-refractivity contribution in [2.24, 2.45) is 11.3 Å².